The fraction of sp³-hybridized carbons (Fsp3) is 0.467. The first-order valence-electron chi connectivity index (χ1n) is 7.72. The van der Waals surface area contributed by atoms with E-state index in [-0.39, 0.29) is 12.6 Å². The van der Waals surface area contributed by atoms with Crippen LogP contribution >= 0.6 is 15.9 Å². The van der Waals surface area contributed by atoms with Gasteiger partial charge < -0.3 is 19.6 Å². The molecule has 9 heteroatoms. The van der Waals surface area contributed by atoms with Gasteiger partial charge in [0.15, 0.2) is 0 Å². The molecule has 1 saturated heterocycles. The molecule has 0 saturated carbocycles. The van der Waals surface area contributed by atoms with Crippen molar-refractivity contribution in [3.8, 4) is 0 Å². The van der Waals surface area contributed by atoms with Crippen LogP contribution in [0.4, 0.5) is 11.9 Å². The van der Waals surface area contributed by atoms with Crippen molar-refractivity contribution in [1.82, 2.24) is 19.9 Å². The van der Waals surface area contributed by atoms with Crippen LogP contribution in [0.25, 0.3) is 0 Å². The highest BCUT2D eigenvalue weighted by Gasteiger charge is 2.30. The molecule has 128 valence electrons. The molecule has 1 N–H and O–H groups in total. The van der Waals surface area contributed by atoms with Crippen molar-refractivity contribution < 1.29 is 9.84 Å². The van der Waals surface area contributed by atoms with Gasteiger partial charge in [0.2, 0.25) is 11.9 Å². The lowest BCUT2D eigenvalue weighted by molar-refractivity contribution is 0.0807. The molecule has 8 nitrogen and oxygen atoms in total. The summed E-state index contributed by atoms with van der Waals surface area (Å²) in [5.74, 6) is 1.38. The third-order valence-electron chi connectivity index (χ3n) is 3.73. The summed E-state index contributed by atoms with van der Waals surface area (Å²) in [6.07, 6.45) is 6.95. The second kappa shape index (κ2) is 8.32. The number of aliphatic hydroxyl groups excluding tert-OH is 1. The molecule has 0 aliphatic carbocycles. The maximum Gasteiger partial charge on any atom is 0.225 e. The quantitative estimate of drug-likeness (QED) is 0.717. The number of hydrogen-bond donors (Lipinski definition) is 1. The third kappa shape index (κ3) is 4.16. The highest BCUT2D eigenvalue weighted by Crippen LogP contribution is 2.20. The Morgan fingerprint density at radius 2 is 1.88 bits per heavy atom. The Morgan fingerprint density at radius 1 is 1.12 bits per heavy atom. The van der Waals surface area contributed by atoms with Crippen molar-refractivity contribution in [2.75, 3.05) is 49.3 Å². The van der Waals surface area contributed by atoms with Gasteiger partial charge in [-0.05, 0) is 22.0 Å². The summed E-state index contributed by atoms with van der Waals surface area (Å²) in [5, 5.41) is 8.94. The van der Waals surface area contributed by atoms with E-state index in [4.69, 9.17) is 9.84 Å². The molecule has 1 atom stereocenters. The molecule has 0 radical (unpaired) electrons. The monoisotopic (exact) mass is 394 g/mol. The number of aromatic nitrogens is 4. The molecule has 1 fully saturated rings. The molecule has 2 aromatic rings. The summed E-state index contributed by atoms with van der Waals surface area (Å²) in [4.78, 5) is 21.7. The topological polar surface area (TPSA) is 87.5 Å². The zero-order chi connectivity index (χ0) is 16.8. The average molecular weight is 395 g/mol. The van der Waals surface area contributed by atoms with Gasteiger partial charge in [-0.2, -0.15) is 0 Å². The SMILES string of the molecule is OCCOC[C@H]1CN(c2ncc(Br)cn2)CCN1c1ncccn1. The van der Waals surface area contributed by atoms with E-state index >= 15 is 0 Å². The van der Waals surface area contributed by atoms with E-state index in [1.807, 2.05) is 0 Å². The number of aliphatic hydroxyl groups is 1. The second-order valence-corrected chi connectivity index (χ2v) is 6.26. The van der Waals surface area contributed by atoms with Gasteiger partial charge >= 0.3 is 0 Å². The highest BCUT2D eigenvalue weighted by atomic mass is 79.9. The molecule has 2 aromatic heterocycles. The number of halogens is 1. The smallest absolute Gasteiger partial charge is 0.225 e. The number of nitrogens with zero attached hydrogens (tertiary/aromatic N) is 6. The molecule has 0 unspecified atom stereocenters. The van der Waals surface area contributed by atoms with E-state index in [0.717, 1.165) is 17.6 Å². The Bertz CT molecular complexity index is 630. The van der Waals surface area contributed by atoms with Gasteiger partial charge in [0.1, 0.15) is 0 Å². The fourth-order valence-corrected chi connectivity index (χ4v) is 2.84. The van der Waals surface area contributed by atoms with Crippen LogP contribution in [0.2, 0.25) is 0 Å². The fourth-order valence-electron chi connectivity index (χ4n) is 2.64. The van der Waals surface area contributed by atoms with Crippen molar-refractivity contribution >= 4 is 27.8 Å². The van der Waals surface area contributed by atoms with Crippen molar-refractivity contribution in [1.29, 1.82) is 0 Å². The van der Waals surface area contributed by atoms with E-state index in [9.17, 15) is 0 Å². The average Bonchev–Trinajstić information content (AvgIpc) is 2.63. The number of anilines is 2. The number of piperazine rings is 1. The van der Waals surface area contributed by atoms with Gasteiger partial charge in [-0.3, -0.25) is 0 Å². The van der Waals surface area contributed by atoms with E-state index in [2.05, 4.69) is 45.7 Å². The number of rotatable bonds is 6. The van der Waals surface area contributed by atoms with Crippen LogP contribution in [0.15, 0.2) is 35.3 Å². The lowest BCUT2D eigenvalue weighted by Crippen LogP contribution is -2.56. The Morgan fingerprint density at radius 3 is 2.58 bits per heavy atom. The van der Waals surface area contributed by atoms with Crippen molar-refractivity contribution in [2.24, 2.45) is 0 Å². The molecule has 0 aromatic carbocycles. The minimum Gasteiger partial charge on any atom is -0.394 e. The minimum atomic E-state index is 0.00803. The molecule has 0 bridgehead atoms. The first kappa shape index (κ1) is 17.0. The van der Waals surface area contributed by atoms with Crippen LogP contribution in [-0.4, -0.2) is 70.5 Å². The number of ether oxygens (including phenoxy) is 1. The standard InChI is InChI=1S/C15H19BrN6O2/c16-12-8-19-14(20-9-12)21-4-5-22(15-17-2-1-3-18-15)13(10-21)11-24-7-6-23/h1-3,8-9,13,23H,4-7,10-11H2/t13-/m1/s1. The molecule has 0 amide bonds. The zero-order valence-electron chi connectivity index (χ0n) is 13.1. The molecule has 0 spiro atoms. The first-order chi connectivity index (χ1) is 11.8. The van der Waals surface area contributed by atoms with E-state index in [1.165, 1.54) is 0 Å². The lowest BCUT2D eigenvalue weighted by Gasteiger charge is -2.41. The highest BCUT2D eigenvalue weighted by molar-refractivity contribution is 9.10. The largest absolute Gasteiger partial charge is 0.394 e. The van der Waals surface area contributed by atoms with E-state index in [1.54, 1.807) is 30.9 Å². The van der Waals surface area contributed by atoms with E-state index in [0.29, 0.717) is 31.7 Å². The molecular weight excluding hydrogens is 376 g/mol. The predicted octanol–water partition coefficient (Wildman–Crippen LogP) is 0.733. The predicted molar refractivity (Wildman–Crippen MR) is 93.0 cm³/mol. The van der Waals surface area contributed by atoms with Gasteiger partial charge in [-0.15, -0.1) is 0 Å². The maximum atomic E-state index is 8.94. The van der Waals surface area contributed by atoms with Crippen LogP contribution in [0, 0.1) is 0 Å². The first-order valence-corrected chi connectivity index (χ1v) is 8.52. The summed E-state index contributed by atoms with van der Waals surface area (Å²) < 4.78 is 6.41. The Balaban J connectivity index is 1.74. The normalized spacial score (nSPS) is 18.0. The van der Waals surface area contributed by atoms with Gasteiger partial charge in [-0.25, -0.2) is 19.9 Å². The Kier molecular flexibility index (Phi) is 5.89. The minimum absolute atomic E-state index is 0.00803. The second-order valence-electron chi connectivity index (χ2n) is 5.34. The van der Waals surface area contributed by atoms with Crippen molar-refractivity contribution in [3.05, 3.63) is 35.3 Å². The molecular formula is C15H19BrN6O2. The van der Waals surface area contributed by atoms with Crippen LogP contribution in [0.1, 0.15) is 0 Å². The van der Waals surface area contributed by atoms with Gasteiger partial charge in [0.05, 0.1) is 30.3 Å². The van der Waals surface area contributed by atoms with E-state index < -0.39 is 0 Å². The van der Waals surface area contributed by atoms with Crippen molar-refractivity contribution in [2.45, 2.75) is 6.04 Å². The Hall–Kier alpha value is -1.84. The maximum absolute atomic E-state index is 8.94. The summed E-state index contributed by atoms with van der Waals surface area (Å²) in [6, 6.07) is 1.85. The summed E-state index contributed by atoms with van der Waals surface area (Å²) in [5.41, 5.74) is 0. The molecule has 1 aliphatic heterocycles. The van der Waals surface area contributed by atoms with Crippen LogP contribution in [-0.2, 0) is 4.74 Å². The summed E-state index contributed by atoms with van der Waals surface area (Å²) in [6.45, 7) is 3.02. The summed E-state index contributed by atoms with van der Waals surface area (Å²) in [7, 11) is 0. The molecule has 3 heterocycles. The zero-order valence-corrected chi connectivity index (χ0v) is 14.7. The van der Waals surface area contributed by atoms with Gasteiger partial charge in [0.25, 0.3) is 0 Å². The van der Waals surface area contributed by atoms with Crippen molar-refractivity contribution in [3.63, 3.8) is 0 Å². The van der Waals surface area contributed by atoms with Gasteiger partial charge in [0, 0.05) is 44.4 Å². The van der Waals surface area contributed by atoms with Crippen LogP contribution < -0.4 is 9.80 Å². The lowest BCUT2D eigenvalue weighted by atomic mass is 10.2. The summed E-state index contributed by atoms with van der Waals surface area (Å²) >= 11 is 3.35. The molecule has 3 rings (SSSR count). The Labute approximate surface area is 148 Å². The number of hydrogen-bond acceptors (Lipinski definition) is 8. The molecule has 1 aliphatic rings. The molecule has 24 heavy (non-hydrogen) atoms. The van der Waals surface area contributed by atoms with Gasteiger partial charge in [-0.1, -0.05) is 0 Å². The van der Waals surface area contributed by atoms with Crippen LogP contribution in [0.5, 0.6) is 0 Å². The van der Waals surface area contributed by atoms with Crippen LogP contribution in [0.3, 0.4) is 0 Å². The third-order valence-corrected chi connectivity index (χ3v) is 4.14.